The van der Waals surface area contributed by atoms with Crippen LogP contribution in [0.25, 0.3) is 0 Å². The molecule has 6 nitrogen and oxygen atoms in total. The van der Waals surface area contributed by atoms with Crippen molar-refractivity contribution >= 4 is 11.4 Å². The number of nitro groups is 1. The number of aliphatic hydroxyl groups excluding tert-OH is 1. The number of non-ortho nitro benzene ring substituents is 1. The van der Waals surface area contributed by atoms with Crippen molar-refractivity contribution in [3.8, 4) is 5.75 Å². The lowest BCUT2D eigenvalue weighted by Gasteiger charge is -2.23. The summed E-state index contributed by atoms with van der Waals surface area (Å²) in [7, 11) is 1.60. The lowest BCUT2D eigenvalue weighted by atomic mass is 9.96. The maximum atomic E-state index is 10.8. The first-order valence-electron chi connectivity index (χ1n) is 8.95. The lowest BCUT2D eigenvalue weighted by Crippen LogP contribution is -2.15. The van der Waals surface area contributed by atoms with E-state index in [4.69, 9.17) is 4.74 Å². The summed E-state index contributed by atoms with van der Waals surface area (Å²) in [6.07, 6.45) is -0.241. The average Bonchev–Trinajstić information content (AvgIpc) is 2.74. The number of methoxy groups -OCH3 is 1. The summed E-state index contributed by atoms with van der Waals surface area (Å²) in [4.78, 5) is 10.4. The summed E-state index contributed by atoms with van der Waals surface area (Å²) in [5.74, 6) is 0.736. The van der Waals surface area contributed by atoms with E-state index in [1.807, 2.05) is 54.6 Å². The van der Waals surface area contributed by atoms with E-state index in [2.05, 4.69) is 5.32 Å². The first-order chi connectivity index (χ1) is 13.6. The van der Waals surface area contributed by atoms with Gasteiger partial charge in [-0.3, -0.25) is 10.1 Å². The van der Waals surface area contributed by atoms with Gasteiger partial charge in [-0.25, -0.2) is 0 Å². The Morgan fingerprint density at radius 1 is 0.964 bits per heavy atom. The molecule has 0 spiro atoms. The topological polar surface area (TPSA) is 84.6 Å². The summed E-state index contributed by atoms with van der Waals surface area (Å²) in [6.45, 7) is 0. The number of nitrogens with zero attached hydrogens (tertiary/aromatic N) is 1. The molecule has 0 heterocycles. The lowest BCUT2D eigenvalue weighted by molar-refractivity contribution is -0.384. The van der Waals surface area contributed by atoms with Gasteiger partial charge in [0.2, 0.25) is 0 Å². The van der Waals surface area contributed by atoms with Crippen LogP contribution in [0, 0.1) is 10.1 Å². The molecular weight excluding hydrogens is 356 g/mol. The van der Waals surface area contributed by atoms with Gasteiger partial charge in [0.1, 0.15) is 5.75 Å². The Morgan fingerprint density at radius 2 is 1.61 bits per heavy atom. The standard InChI is InChI=1S/C22H22N2O4/c1-28-20-13-7-17(8-14-20)22(25)15-21(16-5-3-2-4-6-16)23-18-9-11-19(12-10-18)24(26)27/h2-14,21-23,25H,15H2,1H3. The fourth-order valence-electron chi connectivity index (χ4n) is 3.03. The van der Waals surface area contributed by atoms with Crippen LogP contribution in [-0.2, 0) is 0 Å². The number of rotatable bonds is 8. The van der Waals surface area contributed by atoms with Crippen molar-refractivity contribution in [3.63, 3.8) is 0 Å². The molecule has 0 bridgehead atoms. The SMILES string of the molecule is COc1ccc(C(O)CC(Nc2ccc([N+](=O)[O-])cc2)c2ccccc2)cc1. The smallest absolute Gasteiger partial charge is 0.269 e. The minimum atomic E-state index is -0.679. The zero-order valence-electron chi connectivity index (χ0n) is 15.5. The molecule has 0 fully saturated rings. The van der Waals surface area contributed by atoms with Gasteiger partial charge in [-0.2, -0.15) is 0 Å². The Balaban J connectivity index is 1.79. The van der Waals surface area contributed by atoms with E-state index in [0.29, 0.717) is 6.42 Å². The Labute approximate surface area is 163 Å². The van der Waals surface area contributed by atoms with E-state index < -0.39 is 11.0 Å². The fraction of sp³-hybridized carbons (Fsp3) is 0.182. The van der Waals surface area contributed by atoms with Crippen molar-refractivity contribution in [2.75, 3.05) is 12.4 Å². The molecule has 0 aliphatic heterocycles. The van der Waals surface area contributed by atoms with Gasteiger partial charge in [0.25, 0.3) is 5.69 Å². The summed E-state index contributed by atoms with van der Waals surface area (Å²) in [5, 5.41) is 25.0. The molecule has 2 atom stereocenters. The predicted octanol–water partition coefficient (Wildman–Crippen LogP) is 4.88. The van der Waals surface area contributed by atoms with Crippen LogP contribution in [0.15, 0.2) is 78.9 Å². The molecular formula is C22H22N2O4. The van der Waals surface area contributed by atoms with Gasteiger partial charge in [0.05, 0.1) is 24.2 Å². The monoisotopic (exact) mass is 378 g/mol. The van der Waals surface area contributed by atoms with Gasteiger partial charge in [-0.1, -0.05) is 42.5 Å². The summed E-state index contributed by atoms with van der Waals surface area (Å²) in [5.41, 5.74) is 2.61. The highest BCUT2D eigenvalue weighted by atomic mass is 16.6. The normalized spacial score (nSPS) is 12.8. The Morgan fingerprint density at radius 3 is 2.18 bits per heavy atom. The van der Waals surface area contributed by atoms with E-state index in [0.717, 1.165) is 22.6 Å². The average molecular weight is 378 g/mol. The highest BCUT2D eigenvalue weighted by Crippen LogP contribution is 2.31. The number of hydrogen-bond donors (Lipinski definition) is 2. The second-order valence-corrected chi connectivity index (χ2v) is 6.44. The molecule has 0 radical (unpaired) electrons. The van der Waals surface area contributed by atoms with Crippen molar-refractivity contribution in [2.24, 2.45) is 0 Å². The van der Waals surface area contributed by atoms with E-state index >= 15 is 0 Å². The highest BCUT2D eigenvalue weighted by Gasteiger charge is 2.18. The van der Waals surface area contributed by atoms with Crippen LogP contribution >= 0.6 is 0 Å². The minimum absolute atomic E-state index is 0.0417. The van der Waals surface area contributed by atoms with Gasteiger partial charge in [0, 0.05) is 24.2 Å². The van der Waals surface area contributed by atoms with Gasteiger partial charge in [0.15, 0.2) is 0 Å². The molecule has 6 heteroatoms. The van der Waals surface area contributed by atoms with Crippen LogP contribution in [-0.4, -0.2) is 17.1 Å². The molecule has 3 aromatic rings. The van der Waals surface area contributed by atoms with Crippen LogP contribution in [0.5, 0.6) is 5.75 Å². The quantitative estimate of drug-likeness (QED) is 0.431. The number of anilines is 1. The van der Waals surface area contributed by atoms with Gasteiger partial charge in [-0.05, 0) is 35.4 Å². The summed E-state index contributed by atoms with van der Waals surface area (Å²) < 4.78 is 5.16. The van der Waals surface area contributed by atoms with Crippen LogP contribution in [0.1, 0.15) is 29.7 Å². The van der Waals surface area contributed by atoms with Crippen LogP contribution in [0.2, 0.25) is 0 Å². The molecule has 28 heavy (non-hydrogen) atoms. The molecule has 0 saturated carbocycles. The summed E-state index contributed by atoms with van der Waals surface area (Å²) in [6, 6.07) is 23.2. The zero-order chi connectivity index (χ0) is 19.9. The van der Waals surface area contributed by atoms with E-state index in [-0.39, 0.29) is 11.7 Å². The molecule has 2 N–H and O–H groups in total. The number of nitrogens with one attached hydrogen (secondary N) is 1. The van der Waals surface area contributed by atoms with Crippen molar-refractivity contribution in [1.29, 1.82) is 0 Å². The van der Waals surface area contributed by atoms with E-state index in [9.17, 15) is 15.2 Å². The van der Waals surface area contributed by atoms with Crippen molar-refractivity contribution in [1.82, 2.24) is 0 Å². The Bertz CT molecular complexity index is 896. The minimum Gasteiger partial charge on any atom is -0.497 e. The van der Waals surface area contributed by atoms with Crippen LogP contribution in [0.3, 0.4) is 0 Å². The molecule has 0 aliphatic rings. The molecule has 0 aliphatic carbocycles. The Hall–Kier alpha value is -3.38. The number of benzene rings is 3. The third kappa shape index (κ3) is 4.86. The van der Waals surface area contributed by atoms with Crippen LogP contribution < -0.4 is 10.1 Å². The number of aliphatic hydroxyl groups is 1. The molecule has 3 aromatic carbocycles. The second-order valence-electron chi connectivity index (χ2n) is 6.44. The summed E-state index contributed by atoms with van der Waals surface area (Å²) >= 11 is 0. The van der Waals surface area contributed by atoms with Crippen molar-refractivity contribution in [3.05, 3.63) is 100 Å². The third-order valence-electron chi connectivity index (χ3n) is 4.58. The van der Waals surface area contributed by atoms with Gasteiger partial charge in [-0.15, -0.1) is 0 Å². The molecule has 2 unspecified atom stereocenters. The van der Waals surface area contributed by atoms with Crippen molar-refractivity contribution in [2.45, 2.75) is 18.6 Å². The number of nitro benzene ring substituents is 1. The number of ether oxygens (including phenoxy) is 1. The van der Waals surface area contributed by atoms with E-state index in [1.54, 1.807) is 19.2 Å². The molecule has 0 amide bonds. The predicted molar refractivity (Wildman–Crippen MR) is 108 cm³/mol. The molecule has 0 aromatic heterocycles. The first-order valence-corrected chi connectivity index (χ1v) is 8.95. The first kappa shape index (κ1) is 19.4. The molecule has 0 saturated heterocycles. The number of hydrogen-bond acceptors (Lipinski definition) is 5. The third-order valence-corrected chi connectivity index (χ3v) is 4.58. The second kappa shape index (κ2) is 9.01. The maximum absolute atomic E-state index is 10.8. The zero-order valence-corrected chi connectivity index (χ0v) is 15.5. The molecule has 3 rings (SSSR count). The fourth-order valence-corrected chi connectivity index (χ4v) is 3.03. The Kier molecular flexibility index (Phi) is 6.24. The van der Waals surface area contributed by atoms with Gasteiger partial charge < -0.3 is 15.2 Å². The van der Waals surface area contributed by atoms with Crippen molar-refractivity contribution < 1.29 is 14.8 Å². The maximum Gasteiger partial charge on any atom is 0.269 e. The van der Waals surface area contributed by atoms with E-state index in [1.165, 1.54) is 12.1 Å². The molecule has 144 valence electrons. The highest BCUT2D eigenvalue weighted by molar-refractivity contribution is 5.50. The van der Waals surface area contributed by atoms with Crippen LogP contribution in [0.4, 0.5) is 11.4 Å². The largest absolute Gasteiger partial charge is 0.497 e. The van der Waals surface area contributed by atoms with Gasteiger partial charge >= 0.3 is 0 Å².